The van der Waals surface area contributed by atoms with Gasteiger partial charge in [-0.15, -0.1) is 0 Å². The fraction of sp³-hybridized carbons (Fsp3) is 0.0154. The van der Waals surface area contributed by atoms with E-state index in [4.69, 9.17) is 0 Å². The van der Waals surface area contributed by atoms with Gasteiger partial charge in [0.05, 0.1) is 0 Å². The van der Waals surface area contributed by atoms with Crippen molar-refractivity contribution in [3.63, 3.8) is 0 Å². The number of rotatable bonds is 7. The third-order valence-electron chi connectivity index (χ3n) is 13.9. The third-order valence-corrected chi connectivity index (χ3v) is 13.9. The summed E-state index contributed by atoms with van der Waals surface area (Å²) in [5, 5.41) is 10.1. The van der Waals surface area contributed by atoms with Crippen LogP contribution >= 0.6 is 0 Å². The molecule has 0 bridgehead atoms. The van der Waals surface area contributed by atoms with Crippen molar-refractivity contribution in [2.75, 3.05) is 4.90 Å². The predicted octanol–water partition coefficient (Wildman–Crippen LogP) is 18.0. The Balaban J connectivity index is 0.928. The standard InChI is InChI=1S/C65H43N/c1-2-15-43(16-3-1)52-27-13-29-60-61-30-14-28-53(65(61)42-64(52)60)44-31-35-49(36-32-44)66(50-37-33-45(34-38-50)62-40-47-17-4-6-21-54(47)56-23-8-10-25-58(56)62)51-20-12-19-46(39-51)63-41-48-18-5-7-22-55(48)57-24-9-11-26-59(57)63/h1-41H,42H2. The quantitative estimate of drug-likeness (QED) is 0.145. The third kappa shape index (κ3) is 6.31. The van der Waals surface area contributed by atoms with E-state index in [1.165, 1.54) is 110 Å². The van der Waals surface area contributed by atoms with Gasteiger partial charge in [-0.2, -0.15) is 0 Å². The molecule has 66 heavy (non-hydrogen) atoms. The molecule has 12 aromatic rings. The Morgan fingerprint density at radius 3 is 1.17 bits per heavy atom. The Labute approximate surface area is 385 Å². The highest BCUT2D eigenvalue weighted by atomic mass is 15.1. The molecule has 0 aliphatic heterocycles. The number of nitrogens with zero attached hydrogens (tertiary/aromatic N) is 1. The van der Waals surface area contributed by atoms with E-state index in [2.05, 4.69) is 254 Å². The Bertz CT molecular complexity index is 3830. The van der Waals surface area contributed by atoms with E-state index >= 15 is 0 Å². The molecular weight excluding hydrogens is 795 g/mol. The Morgan fingerprint density at radius 2 is 0.621 bits per heavy atom. The van der Waals surface area contributed by atoms with E-state index in [1.807, 2.05) is 0 Å². The Kier molecular flexibility index (Phi) is 8.99. The van der Waals surface area contributed by atoms with Crippen LogP contribution in [0.3, 0.4) is 0 Å². The summed E-state index contributed by atoms with van der Waals surface area (Å²) >= 11 is 0. The molecule has 308 valence electrons. The van der Waals surface area contributed by atoms with E-state index in [0.717, 1.165) is 23.5 Å². The summed E-state index contributed by atoms with van der Waals surface area (Å²) in [4.78, 5) is 2.41. The molecular formula is C65H43N. The van der Waals surface area contributed by atoms with Gasteiger partial charge in [0.25, 0.3) is 0 Å². The van der Waals surface area contributed by atoms with Gasteiger partial charge in [0.15, 0.2) is 0 Å². The van der Waals surface area contributed by atoms with Crippen molar-refractivity contribution in [3.8, 4) is 55.6 Å². The maximum atomic E-state index is 2.41. The smallest absolute Gasteiger partial charge is 0.0467 e. The van der Waals surface area contributed by atoms with E-state index in [9.17, 15) is 0 Å². The fourth-order valence-corrected chi connectivity index (χ4v) is 10.8. The second kappa shape index (κ2) is 15.6. The van der Waals surface area contributed by atoms with Crippen LogP contribution in [0.4, 0.5) is 17.1 Å². The average Bonchev–Trinajstić information content (AvgIpc) is 3.79. The lowest BCUT2D eigenvalue weighted by atomic mass is 9.92. The zero-order valence-corrected chi connectivity index (χ0v) is 36.3. The van der Waals surface area contributed by atoms with Gasteiger partial charge in [-0.3, -0.25) is 0 Å². The largest absolute Gasteiger partial charge is 0.310 e. The number of fused-ring (bicyclic) bond motifs is 9. The predicted molar refractivity (Wildman–Crippen MR) is 281 cm³/mol. The lowest BCUT2D eigenvalue weighted by molar-refractivity contribution is 1.26. The highest BCUT2D eigenvalue weighted by Crippen LogP contribution is 2.47. The van der Waals surface area contributed by atoms with Gasteiger partial charge < -0.3 is 4.90 Å². The molecule has 0 spiro atoms. The highest BCUT2D eigenvalue weighted by molar-refractivity contribution is 6.15. The van der Waals surface area contributed by atoms with Crippen molar-refractivity contribution in [1.82, 2.24) is 0 Å². The lowest BCUT2D eigenvalue weighted by Gasteiger charge is -2.27. The molecule has 0 aromatic heterocycles. The van der Waals surface area contributed by atoms with E-state index in [0.29, 0.717) is 0 Å². The lowest BCUT2D eigenvalue weighted by Crippen LogP contribution is -2.10. The summed E-state index contributed by atoms with van der Waals surface area (Å²) in [5.41, 5.74) is 18.7. The van der Waals surface area contributed by atoms with Crippen LogP contribution in [0, 0.1) is 0 Å². The maximum Gasteiger partial charge on any atom is 0.0467 e. The van der Waals surface area contributed by atoms with Gasteiger partial charge >= 0.3 is 0 Å². The van der Waals surface area contributed by atoms with Gasteiger partial charge in [0, 0.05) is 17.1 Å². The van der Waals surface area contributed by atoms with Gasteiger partial charge in [-0.25, -0.2) is 0 Å². The molecule has 13 rings (SSSR count). The summed E-state index contributed by atoms with van der Waals surface area (Å²) in [6.07, 6.45) is 0.912. The maximum absolute atomic E-state index is 2.41. The minimum atomic E-state index is 0.912. The molecule has 0 amide bonds. The average molecular weight is 838 g/mol. The van der Waals surface area contributed by atoms with Crippen molar-refractivity contribution in [2.24, 2.45) is 0 Å². The molecule has 0 saturated carbocycles. The fourth-order valence-electron chi connectivity index (χ4n) is 10.8. The van der Waals surface area contributed by atoms with Crippen molar-refractivity contribution in [1.29, 1.82) is 0 Å². The van der Waals surface area contributed by atoms with E-state index in [-0.39, 0.29) is 0 Å². The molecule has 0 saturated heterocycles. The molecule has 0 unspecified atom stereocenters. The first kappa shape index (κ1) is 38.0. The van der Waals surface area contributed by atoms with Crippen molar-refractivity contribution in [2.45, 2.75) is 6.42 Å². The van der Waals surface area contributed by atoms with Crippen LogP contribution in [-0.4, -0.2) is 0 Å². The Hall–Kier alpha value is -8.52. The first-order valence-corrected chi connectivity index (χ1v) is 23.0. The molecule has 1 heteroatoms. The normalized spacial score (nSPS) is 11.9. The summed E-state index contributed by atoms with van der Waals surface area (Å²) in [7, 11) is 0. The highest BCUT2D eigenvalue weighted by Gasteiger charge is 2.25. The number of hydrogen-bond donors (Lipinski definition) is 0. The van der Waals surface area contributed by atoms with Crippen molar-refractivity contribution >= 4 is 60.2 Å². The molecule has 0 atom stereocenters. The van der Waals surface area contributed by atoms with Crippen LogP contribution in [0.25, 0.3) is 98.7 Å². The molecule has 12 aromatic carbocycles. The zero-order chi connectivity index (χ0) is 43.6. The van der Waals surface area contributed by atoms with Crippen LogP contribution < -0.4 is 4.90 Å². The minimum absolute atomic E-state index is 0.912. The molecule has 0 heterocycles. The molecule has 0 fully saturated rings. The van der Waals surface area contributed by atoms with Crippen LogP contribution in [0.15, 0.2) is 249 Å². The summed E-state index contributed by atoms with van der Waals surface area (Å²) < 4.78 is 0. The van der Waals surface area contributed by atoms with Crippen molar-refractivity contribution < 1.29 is 0 Å². The molecule has 1 aliphatic rings. The van der Waals surface area contributed by atoms with Crippen LogP contribution in [0.1, 0.15) is 11.1 Å². The Morgan fingerprint density at radius 1 is 0.227 bits per heavy atom. The number of hydrogen-bond acceptors (Lipinski definition) is 1. The van der Waals surface area contributed by atoms with E-state index in [1.54, 1.807) is 0 Å². The summed E-state index contributed by atoms with van der Waals surface area (Å²) in [5.74, 6) is 0. The number of benzene rings is 12. The van der Waals surface area contributed by atoms with Gasteiger partial charge in [-0.1, -0.05) is 200 Å². The van der Waals surface area contributed by atoms with Gasteiger partial charge in [-0.05, 0) is 165 Å². The summed E-state index contributed by atoms with van der Waals surface area (Å²) in [6.45, 7) is 0. The van der Waals surface area contributed by atoms with Crippen LogP contribution in [0.5, 0.6) is 0 Å². The van der Waals surface area contributed by atoms with Gasteiger partial charge in [0.1, 0.15) is 0 Å². The molecule has 0 radical (unpaired) electrons. The van der Waals surface area contributed by atoms with E-state index < -0.39 is 0 Å². The first-order valence-electron chi connectivity index (χ1n) is 23.0. The summed E-state index contributed by atoms with van der Waals surface area (Å²) in [6, 6.07) is 91.7. The second-order valence-electron chi connectivity index (χ2n) is 17.6. The number of anilines is 3. The van der Waals surface area contributed by atoms with Crippen LogP contribution in [0.2, 0.25) is 0 Å². The minimum Gasteiger partial charge on any atom is -0.310 e. The first-order chi connectivity index (χ1) is 32.7. The topological polar surface area (TPSA) is 3.24 Å². The molecule has 1 aliphatic carbocycles. The zero-order valence-electron chi connectivity index (χ0n) is 36.3. The monoisotopic (exact) mass is 837 g/mol. The van der Waals surface area contributed by atoms with Crippen molar-refractivity contribution in [3.05, 3.63) is 260 Å². The van der Waals surface area contributed by atoms with Crippen LogP contribution in [-0.2, 0) is 6.42 Å². The SMILES string of the molecule is c1ccc(-c2cccc3c2Cc2c(-c4ccc(N(c5ccc(-c6cc7ccccc7c7ccccc67)cc5)c5cccc(-c6cc7ccccc7c7ccccc67)c5)cc4)cccc2-3)cc1. The molecule has 0 N–H and O–H groups in total. The molecule has 1 nitrogen and oxygen atoms in total. The second-order valence-corrected chi connectivity index (χ2v) is 17.6. The van der Waals surface area contributed by atoms with Gasteiger partial charge in [0.2, 0.25) is 0 Å².